The Hall–Kier alpha value is -3.22. The molecule has 28 heavy (non-hydrogen) atoms. The van der Waals surface area contributed by atoms with E-state index in [-0.39, 0.29) is 23.2 Å². The van der Waals surface area contributed by atoms with Crippen molar-refractivity contribution in [1.82, 2.24) is 9.88 Å². The molecule has 1 aliphatic heterocycles. The van der Waals surface area contributed by atoms with E-state index in [1.54, 1.807) is 42.5 Å². The van der Waals surface area contributed by atoms with Crippen LogP contribution in [0.5, 0.6) is 0 Å². The van der Waals surface area contributed by atoms with Gasteiger partial charge in [0.15, 0.2) is 0 Å². The van der Waals surface area contributed by atoms with Crippen LogP contribution >= 0.6 is 0 Å². The number of pyridine rings is 1. The van der Waals surface area contributed by atoms with Gasteiger partial charge in [0.05, 0.1) is 0 Å². The topological polar surface area (TPSA) is 91.4 Å². The summed E-state index contributed by atoms with van der Waals surface area (Å²) in [4.78, 5) is 42.4. The van der Waals surface area contributed by atoms with Gasteiger partial charge in [0.25, 0.3) is 11.8 Å². The third kappa shape index (κ3) is 5.16. The van der Waals surface area contributed by atoms with E-state index in [4.69, 9.17) is 0 Å². The Balaban J connectivity index is 1.68. The largest absolute Gasteiger partial charge is 0.337 e. The predicted molar refractivity (Wildman–Crippen MR) is 107 cm³/mol. The van der Waals surface area contributed by atoms with Crippen LogP contribution < -0.4 is 10.6 Å². The second-order valence-electron chi connectivity index (χ2n) is 6.83. The Kier molecular flexibility index (Phi) is 6.37. The van der Waals surface area contributed by atoms with E-state index in [2.05, 4.69) is 15.6 Å². The van der Waals surface area contributed by atoms with Crippen LogP contribution in [0.3, 0.4) is 0 Å². The number of nitrogens with one attached hydrogen (secondary N) is 2. The lowest BCUT2D eigenvalue weighted by molar-refractivity contribution is -0.114. The fourth-order valence-electron chi connectivity index (χ4n) is 3.15. The number of hydrogen-bond donors (Lipinski definition) is 2. The Morgan fingerprint density at radius 2 is 1.39 bits per heavy atom. The molecule has 0 spiro atoms. The number of benzene rings is 1. The number of carbonyl (C=O) groups excluding carboxylic acids is 3. The first-order chi connectivity index (χ1) is 13.5. The molecule has 7 nitrogen and oxygen atoms in total. The van der Waals surface area contributed by atoms with Crippen molar-refractivity contribution in [3.05, 3.63) is 53.9 Å². The van der Waals surface area contributed by atoms with E-state index in [9.17, 15) is 14.4 Å². The Morgan fingerprint density at radius 3 is 2.00 bits per heavy atom. The van der Waals surface area contributed by atoms with E-state index in [0.717, 1.165) is 38.8 Å². The fraction of sp³-hybridized carbons (Fsp3) is 0.333. The summed E-state index contributed by atoms with van der Waals surface area (Å²) in [5.74, 6) is -0.680. The maximum absolute atomic E-state index is 12.7. The summed E-state index contributed by atoms with van der Waals surface area (Å²) < 4.78 is 0. The summed E-state index contributed by atoms with van der Waals surface area (Å²) in [5.41, 5.74) is 1.70. The molecule has 0 bridgehead atoms. The Labute approximate surface area is 164 Å². The fourth-order valence-corrected chi connectivity index (χ4v) is 3.15. The van der Waals surface area contributed by atoms with Gasteiger partial charge in [-0.05, 0) is 49.2 Å². The minimum atomic E-state index is -0.391. The van der Waals surface area contributed by atoms with Crippen molar-refractivity contribution in [3.8, 4) is 0 Å². The van der Waals surface area contributed by atoms with Gasteiger partial charge in [-0.25, -0.2) is 4.98 Å². The molecule has 0 unspecified atom stereocenters. The van der Waals surface area contributed by atoms with Crippen LogP contribution in [-0.4, -0.2) is 40.7 Å². The maximum atomic E-state index is 12.7. The summed E-state index contributed by atoms with van der Waals surface area (Å²) >= 11 is 0. The molecule has 1 aliphatic rings. The standard InChI is InChI=1S/C21H24N4O3/c1-15(26)22-16-9-11-17(12-10-16)23-20(27)18-7-6-8-19(24-18)21(28)25-13-4-2-3-5-14-25/h6-12H,2-5,13-14H2,1H3,(H,22,26)(H,23,27). The van der Waals surface area contributed by atoms with Crippen molar-refractivity contribution in [2.24, 2.45) is 0 Å². The number of likely N-dealkylation sites (tertiary alicyclic amines) is 1. The zero-order chi connectivity index (χ0) is 19.9. The molecule has 146 valence electrons. The van der Waals surface area contributed by atoms with E-state index in [1.165, 1.54) is 6.92 Å². The van der Waals surface area contributed by atoms with Crippen molar-refractivity contribution in [3.63, 3.8) is 0 Å². The van der Waals surface area contributed by atoms with Crippen molar-refractivity contribution < 1.29 is 14.4 Å². The zero-order valence-corrected chi connectivity index (χ0v) is 15.9. The Morgan fingerprint density at radius 1 is 0.821 bits per heavy atom. The van der Waals surface area contributed by atoms with Gasteiger partial charge in [-0.1, -0.05) is 18.9 Å². The minimum Gasteiger partial charge on any atom is -0.337 e. The molecule has 1 saturated heterocycles. The van der Waals surface area contributed by atoms with Crippen LogP contribution in [-0.2, 0) is 4.79 Å². The maximum Gasteiger partial charge on any atom is 0.274 e. The molecule has 1 aromatic carbocycles. The number of amides is 3. The zero-order valence-electron chi connectivity index (χ0n) is 15.9. The van der Waals surface area contributed by atoms with Crippen molar-refractivity contribution >= 4 is 29.1 Å². The number of rotatable bonds is 4. The van der Waals surface area contributed by atoms with E-state index < -0.39 is 5.91 Å². The van der Waals surface area contributed by atoms with Crippen molar-refractivity contribution in [1.29, 1.82) is 0 Å². The molecule has 7 heteroatoms. The number of nitrogens with zero attached hydrogens (tertiary/aromatic N) is 2. The molecular formula is C21H24N4O3. The van der Waals surface area contributed by atoms with Gasteiger partial charge in [0.1, 0.15) is 11.4 Å². The molecule has 2 aromatic rings. The number of carbonyl (C=O) groups is 3. The third-order valence-corrected chi connectivity index (χ3v) is 4.56. The molecule has 0 radical (unpaired) electrons. The molecule has 3 rings (SSSR count). The first-order valence-electron chi connectivity index (χ1n) is 9.48. The van der Waals surface area contributed by atoms with Gasteiger partial charge >= 0.3 is 0 Å². The summed E-state index contributed by atoms with van der Waals surface area (Å²) in [7, 11) is 0. The lowest BCUT2D eigenvalue weighted by Crippen LogP contribution is -2.32. The molecule has 1 aromatic heterocycles. The highest BCUT2D eigenvalue weighted by Crippen LogP contribution is 2.16. The quantitative estimate of drug-likeness (QED) is 0.851. The summed E-state index contributed by atoms with van der Waals surface area (Å²) in [5, 5.41) is 5.42. The lowest BCUT2D eigenvalue weighted by atomic mass is 10.2. The van der Waals surface area contributed by atoms with Crippen LogP contribution in [0.1, 0.15) is 53.6 Å². The average molecular weight is 380 g/mol. The minimum absolute atomic E-state index is 0.129. The van der Waals surface area contributed by atoms with Crippen LogP contribution in [0.25, 0.3) is 0 Å². The second-order valence-corrected chi connectivity index (χ2v) is 6.83. The molecule has 2 N–H and O–H groups in total. The second kappa shape index (κ2) is 9.12. The molecule has 0 aliphatic carbocycles. The lowest BCUT2D eigenvalue weighted by Gasteiger charge is -2.19. The SMILES string of the molecule is CC(=O)Nc1ccc(NC(=O)c2cccc(C(=O)N3CCCCCC3)n2)cc1. The van der Waals surface area contributed by atoms with Crippen LogP contribution in [0.4, 0.5) is 11.4 Å². The van der Waals surface area contributed by atoms with Crippen molar-refractivity contribution in [2.75, 3.05) is 23.7 Å². The molecule has 3 amide bonds. The van der Waals surface area contributed by atoms with E-state index in [1.807, 2.05) is 4.90 Å². The normalized spacial score (nSPS) is 14.1. The third-order valence-electron chi connectivity index (χ3n) is 4.56. The molecule has 1 fully saturated rings. The highest BCUT2D eigenvalue weighted by molar-refractivity contribution is 6.04. The van der Waals surface area contributed by atoms with Gasteiger partial charge in [-0.3, -0.25) is 14.4 Å². The van der Waals surface area contributed by atoms with E-state index in [0.29, 0.717) is 11.4 Å². The highest BCUT2D eigenvalue weighted by atomic mass is 16.2. The summed E-state index contributed by atoms with van der Waals surface area (Å²) in [6.07, 6.45) is 4.28. The molecular weight excluding hydrogens is 356 g/mol. The van der Waals surface area contributed by atoms with Gasteiger partial charge in [0.2, 0.25) is 5.91 Å². The van der Waals surface area contributed by atoms with Gasteiger partial charge in [-0.15, -0.1) is 0 Å². The van der Waals surface area contributed by atoms with Gasteiger partial charge < -0.3 is 15.5 Å². The number of anilines is 2. The van der Waals surface area contributed by atoms with Gasteiger partial charge in [-0.2, -0.15) is 0 Å². The van der Waals surface area contributed by atoms with Crippen LogP contribution in [0.15, 0.2) is 42.5 Å². The van der Waals surface area contributed by atoms with Crippen LogP contribution in [0, 0.1) is 0 Å². The smallest absolute Gasteiger partial charge is 0.274 e. The average Bonchev–Trinajstić information content (AvgIpc) is 2.98. The van der Waals surface area contributed by atoms with E-state index >= 15 is 0 Å². The first kappa shape index (κ1) is 19.5. The van der Waals surface area contributed by atoms with Crippen LogP contribution in [0.2, 0.25) is 0 Å². The monoisotopic (exact) mass is 380 g/mol. The summed E-state index contributed by atoms with van der Waals surface area (Å²) in [6, 6.07) is 11.7. The first-order valence-corrected chi connectivity index (χ1v) is 9.48. The number of aromatic nitrogens is 1. The molecule has 2 heterocycles. The Bertz CT molecular complexity index is 856. The predicted octanol–water partition coefficient (Wildman–Crippen LogP) is 3.31. The van der Waals surface area contributed by atoms with Gasteiger partial charge in [0, 0.05) is 31.4 Å². The number of hydrogen-bond acceptors (Lipinski definition) is 4. The molecule has 0 saturated carbocycles. The highest BCUT2D eigenvalue weighted by Gasteiger charge is 2.19. The molecule has 0 atom stereocenters. The van der Waals surface area contributed by atoms with Crippen molar-refractivity contribution in [2.45, 2.75) is 32.6 Å². The summed E-state index contributed by atoms with van der Waals surface area (Å²) in [6.45, 7) is 2.90.